The highest BCUT2D eigenvalue weighted by atomic mass is 32.2. The molecule has 0 bridgehead atoms. The van der Waals surface area contributed by atoms with E-state index in [4.69, 9.17) is 4.74 Å². The second-order valence-electron chi connectivity index (χ2n) is 6.42. The quantitative estimate of drug-likeness (QED) is 0.511. The molecule has 1 aromatic heterocycles. The highest BCUT2D eigenvalue weighted by Gasteiger charge is 2.27. The van der Waals surface area contributed by atoms with E-state index in [2.05, 4.69) is 15.0 Å². The zero-order valence-corrected chi connectivity index (χ0v) is 18.6. The zero-order chi connectivity index (χ0) is 22.0. The topological polar surface area (TPSA) is 97.4 Å². The van der Waals surface area contributed by atoms with E-state index >= 15 is 0 Å². The minimum atomic E-state index is -4.20. The van der Waals surface area contributed by atoms with E-state index in [-0.39, 0.29) is 13.0 Å². The monoisotopic (exact) mass is 455 g/mol. The first kappa shape index (κ1) is 24.1. The van der Waals surface area contributed by atoms with Crippen molar-refractivity contribution in [3.05, 3.63) is 54.0 Å². The maximum atomic E-state index is 14.0. The van der Waals surface area contributed by atoms with Gasteiger partial charge in [0, 0.05) is 18.3 Å². The second kappa shape index (κ2) is 11.9. The van der Waals surface area contributed by atoms with E-state index in [1.165, 1.54) is 23.9 Å². The van der Waals surface area contributed by atoms with E-state index in [1.807, 2.05) is 13.2 Å². The van der Waals surface area contributed by atoms with Gasteiger partial charge in [-0.2, -0.15) is 16.5 Å². The van der Waals surface area contributed by atoms with Crippen LogP contribution < -0.4 is 14.8 Å². The van der Waals surface area contributed by atoms with E-state index in [0.717, 1.165) is 18.6 Å². The molecule has 1 aromatic carbocycles. The van der Waals surface area contributed by atoms with Crippen LogP contribution in [0.2, 0.25) is 0 Å². The van der Waals surface area contributed by atoms with Crippen LogP contribution >= 0.6 is 11.8 Å². The van der Waals surface area contributed by atoms with Gasteiger partial charge in [-0.25, -0.2) is 17.8 Å². The highest BCUT2D eigenvalue weighted by molar-refractivity contribution is 7.98. The molecule has 1 amide bonds. The molecule has 164 valence electrons. The Labute approximate surface area is 180 Å². The lowest BCUT2D eigenvalue weighted by molar-refractivity contribution is -0.122. The van der Waals surface area contributed by atoms with Crippen LogP contribution in [0.3, 0.4) is 0 Å². The normalized spacial score (nSPS) is 12.4. The molecule has 0 spiro atoms. The zero-order valence-electron chi connectivity index (χ0n) is 16.9. The van der Waals surface area contributed by atoms with E-state index in [1.54, 1.807) is 18.3 Å². The molecule has 7 nitrogen and oxygen atoms in total. The van der Waals surface area contributed by atoms with Gasteiger partial charge in [-0.3, -0.25) is 4.79 Å². The summed E-state index contributed by atoms with van der Waals surface area (Å²) in [6.45, 7) is 2.60. The number of carbonyl (C=O) groups excluding carboxylic acids is 1. The molecule has 30 heavy (non-hydrogen) atoms. The number of carbonyl (C=O) groups is 1. The molecule has 2 aromatic rings. The van der Waals surface area contributed by atoms with E-state index in [0.29, 0.717) is 23.8 Å². The molecule has 0 aliphatic carbocycles. The fraction of sp³-hybridized carbons (Fsp3) is 0.400. The van der Waals surface area contributed by atoms with Crippen LogP contribution in [0.5, 0.6) is 5.88 Å². The van der Waals surface area contributed by atoms with Gasteiger partial charge in [-0.1, -0.05) is 25.1 Å². The van der Waals surface area contributed by atoms with Crippen molar-refractivity contribution >= 4 is 27.7 Å². The summed E-state index contributed by atoms with van der Waals surface area (Å²) in [4.78, 5) is 16.4. The number of halogens is 1. The van der Waals surface area contributed by atoms with Crippen molar-refractivity contribution in [3.63, 3.8) is 0 Å². The summed E-state index contributed by atoms with van der Waals surface area (Å²) >= 11 is 1.48. The van der Waals surface area contributed by atoms with Crippen LogP contribution in [0.25, 0.3) is 0 Å². The van der Waals surface area contributed by atoms with Crippen LogP contribution in [-0.2, 0) is 21.4 Å². The number of rotatable bonds is 12. The minimum Gasteiger partial charge on any atom is -0.477 e. The molecule has 0 saturated heterocycles. The van der Waals surface area contributed by atoms with Gasteiger partial charge in [0.2, 0.25) is 21.8 Å². The summed E-state index contributed by atoms with van der Waals surface area (Å²) in [5, 5.41) is 2.72. The lowest BCUT2D eigenvalue weighted by atomic mass is 10.2. The van der Waals surface area contributed by atoms with Gasteiger partial charge in [-0.05, 0) is 43.0 Å². The average molecular weight is 456 g/mol. The van der Waals surface area contributed by atoms with Crippen LogP contribution in [0.15, 0.2) is 47.5 Å². The molecule has 1 unspecified atom stereocenters. The molecule has 0 aliphatic heterocycles. The number of aromatic nitrogens is 1. The van der Waals surface area contributed by atoms with Crippen molar-refractivity contribution in [1.82, 2.24) is 15.0 Å². The number of thioether (sulfide) groups is 1. The van der Waals surface area contributed by atoms with Gasteiger partial charge in [0.1, 0.15) is 16.8 Å². The Morgan fingerprint density at radius 1 is 1.27 bits per heavy atom. The summed E-state index contributed by atoms with van der Waals surface area (Å²) in [5.74, 6) is -0.404. The Kier molecular flexibility index (Phi) is 9.54. The van der Waals surface area contributed by atoms with Crippen LogP contribution in [0.1, 0.15) is 25.3 Å². The van der Waals surface area contributed by atoms with Gasteiger partial charge in [0.05, 0.1) is 6.61 Å². The Bertz CT molecular complexity index is 941. The van der Waals surface area contributed by atoms with Crippen LogP contribution in [0, 0.1) is 5.82 Å². The molecule has 1 atom stereocenters. The molecule has 10 heteroatoms. The first-order valence-corrected chi connectivity index (χ1v) is 12.4. The molecule has 0 aliphatic rings. The first-order chi connectivity index (χ1) is 14.4. The predicted octanol–water partition coefficient (Wildman–Crippen LogP) is 2.73. The molecule has 0 radical (unpaired) electrons. The van der Waals surface area contributed by atoms with Crippen LogP contribution in [0.4, 0.5) is 4.39 Å². The molecule has 1 heterocycles. The van der Waals surface area contributed by atoms with Crippen molar-refractivity contribution in [3.8, 4) is 5.88 Å². The Morgan fingerprint density at radius 2 is 2.03 bits per heavy atom. The number of nitrogens with zero attached hydrogens (tertiary/aromatic N) is 1. The number of sulfonamides is 1. The first-order valence-electron chi connectivity index (χ1n) is 9.49. The molecule has 2 rings (SSSR count). The van der Waals surface area contributed by atoms with Crippen molar-refractivity contribution in [1.29, 1.82) is 0 Å². The number of hydrogen-bond acceptors (Lipinski definition) is 6. The SMILES string of the molecule is CCCOc1ncccc1CNC(=O)C(CCSC)NS(=O)(=O)c1ccccc1F. The molecule has 0 fully saturated rings. The second-order valence-corrected chi connectivity index (χ2v) is 9.09. The van der Waals surface area contributed by atoms with Crippen molar-refractivity contribution in [2.24, 2.45) is 0 Å². The van der Waals surface area contributed by atoms with Crippen LogP contribution in [-0.4, -0.2) is 44.0 Å². The lowest BCUT2D eigenvalue weighted by Crippen LogP contribution is -2.47. The average Bonchev–Trinajstić information content (AvgIpc) is 2.74. The molecular formula is C20H26FN3O4S2. The molecular weight excluding hydrogens is 429 g/mol. The van der Waals surface area contributed by atoms with E-state index in [9.17, 15) is 17.6 Å². The number of nitrogens with one attached hydrogen (secondary N) is 2. The third kappa shape index (κ3) is 6.96. The van der Waals surface area contributed by atoms with Gasteiger partial charge in [0.15, 0.2) is 0 Å². The summed E-state index contributed by atoms with van der Waals surface area (Å²) in [6.07, 6.45) is 4.53. The summed E-state index contributed by atoms with van der Waals surface area (Å²) in [7, 11) is -4.20. The third-order valence-electron chi connectivity index (χ3n) is 4.10. The Morgan fingerprint density at radius 3 is 2.73 bits per heavy atom. The van der Waals surface area contributed by atoms with Crippen molar-refractivity contribution < 1.29 is 22.3 Å². The number of pyridine rings is 1. The van der Waals surface area contributed by atoms with Crippen molar-refractivity contribution in [2.45, 2.75) is 37.2 Å². The Balaban J connectivity index is 2.12. The standard InChI is InChI=1S/C20H26FN3O4S2/c1-3-12-28-20-15(7-6-11-22-20)14-23-19(25)17(10-13-29-2)24-30(26,27)18-9-5-4-8-16(18)21/h4-9,11,17,24H,3,10,12-14H2,1-2H3,(H,23,25). The number of ether oxygens (including phenoxy) is 1. The summed E-state index contributed by atoms with van der Waals surface area (Å²) in [6, 6.07) is 7.51. The largest absolute Gasteiger partial charge is 0.477 e. The number of benzene rings is 1. The highest BCUT2D eigenvalue weighted by Crippen LogP contribution is 2.16. The molecule has 0 saturated carbocycles. The number of hydrogen-bond donors (Lipinski definition) is 2. The van der Waals surface area contributed by atoms with E-state index < -0.39 is 32.7 Å². The van der Waals surface area contributed by atoms with Gasteiger partial charge >= 0.3 is 0 Å². The third-order valence-corrected chi connectivity index (χ3v) is 6.25. The fourth-order valence-corrected chi connectivity index (χ4v) is 4.37. The maximum absolute atomic E-state index is 14.0. The van der Waals surface area contributed by atoms with Gasteiger partial charge < -0.3 is 10.1 Å². The molecule has 2 N–H and O–H groups in total. The summed E-state index contributed by atoms with van der Waals surface area (Å²) in [5.41, 5.74) is 0.680. The summed E-state index contributed by atoms with van der Waals surface area (Å²) < 4.78 is 47.1. The van der Waals surface area contributed by atoms with Crippen molar-refractivity contribution in [2.75, 3.05) is 18.6 Å². The minimum absolute atomic E-state index is 0.128. The predicted molar refractivity (Wildman–Crippen MR) is 115 cm³/mol. The fourth-order valence-electron chi connectivity index (χ4n) is 2.59. The number of amides is 1. The van der Waals surface area contributed by atoms with Gasteiger partial charge in [-0.15, -0.1) is 0 Å². The lowest BCUT2D eigenvalue weighted by Gasteiger charge is -2.19. The maximum Gasteiger partial charge on any atom is 0.244 e. The van der Waals surface area contributed by atoms with Gasteiger partial charge in [0.25, 0.3) is 0 Å². The smallest absolute Gasteiger partial charge is 0.244 e. The Hall–Kier alpha value is -2.17.